The Morgan fingerprint density at radius 2 is 0.450 bits per heavy atom. The fourth-order valence-corrected chi connectivity index (χ4v) is 0. The number of rotatable bonds is 0. The van der Waals surface area contributed by atoms with Gasteiger partial charge in [0.15, 0.2) is 0 Å². The van der Waals surface area contributed by atoms with Crippen LogP contribution in [0, 0.1) is 0 Å². The first-order valence-corrected chi connectivity index (χ1v) is 3.20. The molecule has 0 aliphatic rings. The Morgan fingerprint density at radius 3 is 0.450 bits per heavy atom. The van der Waals surface area contributed by atoms with Crippen molar-refractivity contribution in [2.75, 3.05) is 0 Å². The van der Waals surface area contributed by atoms with Gasteiger partial charge in [-0.15, -0.1) is 0 Å². The van der Waals surface area contributed by atoms with Gasteiger partial charge in [0.1, 0.15) is 0 Å². The summed E-state index contributed by atoms with van der Waals surface area (Å²) in [6.45, 7) is 0. The van der Waals surface area contributed by atoms with E-state index in [9.17, 15) is 0 Å². The molecule has 0 aromatic carbocycles. The number of hydrogen-bond acceptors (Lipinski definition) is 12. The minimum atomic E-state index is -2.19. The maximum atomic E-state index is 8.93. The molecular weight excluding hydrogens is 354 g/mol. The normalized spacial score (nSPS) is 6.60. The van der Waals surface area contributed by atoms with Gasteiger partial charge in [0, 0.05) is 18.6 Å². The molecule has 107 valence electrons. The molecule has 0 fully saturated rings. The van der Waals surface area contributed by atoms with Crippen LogP contribution in [-0.2, 0) is 47.3 Å². The molecular formula is C6KO12V-5. The van der Waals surface area contributed by atoms with Crippen molar-refractivity contribution in [3.05, 3.63) is 0 Å². The Bertz CT molecular complexity index is 283. The summed E-state index contributed by atoms with van der Waals surface area (Å²) in [6.07, 6.45) is 0. The Labute approximate surface area is 163 Å². The van der Waals surface area contributed by atoms with E-state index < -0.39 is 35.8 Å². The molecule has 12 nitrogen and oxygen atoms in total. The van der Waals surface area contributed by atoms with E-state index in [1.54, 1.807) is 0 Å². The van der Waals surface area contributed by atoms with Crippen LogP contribution >= 0.6 is 0 Å². The molecule has 1 radical (unpaired) electrons. The van der Waals surface area contributed by atoms with Gasteiger partial charge in [0.05, 0.1) is 35.8 Å². The molecule has 0 heterocycles. The Balaban J connectivity index is -0.0000000536. The second-order valence-electron chi connectivity index (χ2n) is 1.72. The van der Waals surface area contributed by atoms with Gasteiger partial charge < -0.3 is 59.4 Å². The summed E-state index contributed by atoms with van der Waals surface area (Å²) in [5, 5.41) is 53.6. The predicted molar refractivity (Wildman–Crippen MR) is 30.0 cm³/mol. The molecule has 0 spiro atoms. The second-order valence-corrected chi connectivity index (χ2v) is 1.72. The molecule has 0 amide bonds. The smallest absolute Gasteiger partial charge is 0.543 e. The van der Waals surface area contributed by atoms with E-state index in [1.165, 1.54) is 0 Å². The summed E-state index contributed by atoms with van der Waals surface area (Å²) in [6, 6.07) is 0. The van der Waals surface area contributed by atoms with Crippen LogP contribution in [0.5, 0.6) is 0 Å². The monoisotopic (exact) mass is 354 g/mol. The molecule has 14 heteroatoms. The summed E-state index contributed by atoms with van der Waals surface area (Å²) in [5.41, 5.74) is 0. The van der Waals surface area contributed by atoms with Crippen molar-refractivity contribution in [3.63, 3.8) is 0 Å². The van der Waals surface area contributed by atoms with E-state index in [1.807, 2.05) is 0 Å². The molecule has 0 N–H and O–H groups in total. The molecule has 0 atom stereocenters. The van der Waals surface area contributed by atoms with Crippen molar-refractivity contribution in [3.8, 4) is 0 Å². The zero-order chi connectivity index (χ0) is 15.5. The van der Waals surface area contributed by atoms with E-state index >= 15 is 0 Å². The number of carbonyl (C=O) groups excluding carboxylic acids is 6. The maximum absolute atomic E-state index is 8.93. The molecule has 20 heavy (non-hydrogen) atoms. The fraction of sp³-hybridized carbons (Fsp3) is 0. The van der Waals surface area contributed by atoms with E-state index in [4.69, 9.17) is 59.4 Å². The molecule has 0 rings (SSSR count). The average molecular weight is 354 g/mol. The minimum Gasteiger partial charge on any atom is -0.543 e. The Kier molecular flexibility index (Phi) is 28.4. The standard InChI is InChI=1S/3C2H2O4.K.V/c3*3-1(4)2(5)6;;/h3*(H,3,4)(H,5,6);;/q;;;+1;/p-6. The minimum absolute atomic E-state index is 0. The van der Waals surface area contributed by atoms with E-state index in [2.05, 4.69) is 0 Å². The first kappa shape index (κ1) is 31.4. The molecule has 0 unspecified atom stereocenters. The van der Waals surface area contributed by atoms with Gasteiger partial charge in [0.2, 0.25) is 0 Å². The molecule has 0 aromatic heterocycles. The van der Waals surface area contributed by atoms with Crippen LogP contribution in [0.15, 0.2) is 0 Å². The second kappa shape index (κ2) is 18.0. The zero-order valence-electron chi connectivity index (χ0n) is 9.35. The van der Waals surface area contributed by atoms with Crippen LogP contribution in [0.4, 0.5) is 0 Å². The van der Waals surface area contributed by atoms with E-state index in [0.717, 1.165) is 0 Å². The van der Waals surface area contributed by atoms with Gasteiger partial charge in [-0.25, -0.2) is 0 Å². The number of carboxylic acids is 6. The summed E-state index contributed by atoms with van der Waals surface area (Å²) < 4.78 is 0. The third kappa shape index (κ3) is 36.0. The summed E-state index contributed by atoms with van der Waals surface area (Å²) in [5.74, 6) is -13.1. The first-order chi connectivity index (χ1) is 7.93. The topological polar surface area (TPSA) is 241 Å². The van der Waals surface area contributed by atoms with Crippen LogP contribution in [0.3, 0.4) is 0 Å². The summed E-state index contributed by atoms with van der Waals surface area (Å²) in [4.78, 5) is 53.6. The summed E-state index contributed by atoms with van der Waals surface area (Å²) in [7, 11) is 0. The largest absolute Gasteiger partial charge is 1.00 e. The molecule has 0 saturated heterocycles. The fourth-order valence-electron chi connectivity index (χ4n) is 0. The third-order valence-corrected chi connectivity index (χ3v) is 0.500. The Morgan fingerprint density at radius 1 is 0.400 bits per heavy atom. The summed E-state index contributed by atoms with van der Waals surface area (Å²) >= 11 is 0. The van der Waals surface area contributed by atoms with E-state index in [0.29, 0.717) is 0 Å². The Hall–Kier alpha value is -0.959. The molecule has 0 saturated carbocycles. The van der Waals surface area contributed by atoms with Gasteiger partial charge in [-0.2, -0.15) is 0 Å². The van der Waals surface area contributed by atoms with Crippen LogP contribution < -0.4 is 82.0 Å². The maximum Gasteiger partial charge on any atom is 1.00 e. The molecule has 0 aliphatic carbocycles. The quantitative estimate of drug-likeness (QED) is 0.291. The number of carbonyl (C=O) groups is 6. The van der Waals surface area contributed by atoms with Crippen molar-refractivity contribution >= 4 is 35.8 Å². The van der Waals surface area contributed by atoms with Crippen molar-refractivity contribution in [2.45, 2.75) is 0 Å². The molecule has 0 aliphatic heterocycles. The van der Waals surface area contributed by atoms with Gasteiger partial charge in [-0.3, -0.25) is 0 Å². The SMILES string of the molecule is O=C([O-])C(=O)[O-].O=C([O-])C(=O)[O-].O=C([O-])C(=O)[O-].[K+].[V]. The van der Waals surface area contributed by atoms with Gasteiger partial charge >= 0.3 is 51.4 Å². The number of aliphatic carboxylic acids is 6. The predicted octanol–water partition coefficient (Wildman–Crippen LogP) is -13.5. The third-order valence-electron chi connectivity index (χ3n) is 0.500. The molecule has 0 bridgehead atoms. The van der Waals surface area contributed by atoms with Crippen molar-refractivity contribution in [1.29, 1.82) is 0 Å². The van der Waals surface area contributed by atoms with Gasteiger partial charge in [-0.1, -0.05) is 0 Å². The number of hydrogen-bond donors (Lipinski definition) is 0. The first-order valence-electron chi connectivity index (χ1n) is 3.20. The van der Waals surface area contributed by atoms with Gasteiger partial charge in [-0.05, 0) is 0 Å². The average Bonchev–Trinajstić information content (AvgIpc) is 2.18. The molecule has 0 aromatic rings. The number of carboxylic acid groups (broad SMARTS) is 6. The van der Waals surface area contributed by atoms with Crippen LogP contribution in [-0.4, -0.2) is 35.8 Å². The zero-order valence-corrected chi connectivity index (χ0v) is 13.9. The van der Waals surface area contributed by atoms with Crippen LogP contribution in [0.1, 0.15) is 0 Å². The van der Waals surface area contributed by atoms with Crippen molar-refractivity contribution < 1.29 is 129 Å². The van der Waals surface area contributed by atoms with Crippen LogP contribution in [0.25, 0.3) is 0 Å². The van der Waals surface area contributed by atoms with Crippen molar-refractivity contribution in [1.82, 2.24) is 0 Å². The van der Waals surface area contributed by atoms with Crippen LogP contribution in [0.2, 0.25) is 0 Å². The van der Waals surface area contributed by atoms with Crippen molar-refractivity contribution in [2.24, 2.45) is 0 Å². The van der Waals surface area contributed by atoms with Gasteiger partial charge in [0.25, 0.3) is 0 Å². The van der Waals surface area contributed by atoms with E-state index in [-0.39, 0.29) is 69.9 Å².